The molecule has 0 fully saturated rings. The third-order valence-electron chi connectivity index (χ3n) is 3.52. The van der Waals surface area contributed by atoms with Crippen LogP contribution in [0.3, 0.4) is 0 Å². The lowest BCUT2D eigenvalue weighted by atomic mass is 11.0. The van der Waals surface area contributed by atoms with Crippen molar-refractivity contribution < 1.29 is 12.6 Å². The van der Waals surface area contributed by atoms with Crippen molar-refractivity contribution in [3.63, 3.8) is 0 Å². The second kappa shape index (κ2) is 7.82. The van der Waals surface area contributed by atoms with Crippen LogP contribution in [0.5, 0.6) is 0 Å². The Balaban J connectivity index is 4.84. The molecular weight excluding hydrogens is 307 g/mol. The summed E-state index contributed by atoms with van der Waals surface area (Å²) in [4.78, 5) is 0. The first-order valence-electron chi connectivity index (χ1n) is 7.34. The summed E-state index contributed by atoms with van der Waals surface area (Å²) in [7, 11) is -6.08. The molecule has 0 radical (unpaired) electrons. The van der Waals surface area contributed by atoms with Crippen molar-refractivity contribution in [2.75, 3.05) is 0 Å². The van der Waals surface area contributed by atoms with Crippen molar-refractivity contribution in [3.8, 4) is 0 Å². The minimum Gasteiger partial charge on any atom is -0.355 e. The van der Waals surface area contributed by atoms with Crippen molar-refractivity contribution in [3.05, 3.63) is 0 Å². The molecule has 0 spiro atoms. The van der Waals surface area contributed by atoms with Crippen LogP contribution in [0.15, 0.2) is 0 Å². The van der Waals surface area contributed by atoms with Gasteiger partial charge in [-0.1, -0.05) is 20.8 Å². The van der Waals surface area contributed by atoms with Gasteiger partial charge in [-0.2, -0.15) is 0 Å². The standard InChI is InChI=1S/C12H33O3PSi3/c1-10-17(4,5)13-16(14-18(6,7)11-2)15-19(8,9)12-3/h10-12H2,1-9H3. The molecule has 0 aliphatic rings. The molecule has 0 unspecified atom stereocenters. The van der Waals surface area contributed by atoms with Gasteiger partial charge >= 0.3 is 0 Å². The van der Waals surface area contributed by atoms with Gasteiger partial charge in [0.2, 0.25) is 0 Å². The molecule has 0 aliphatic carbocycles. The van der Waals surface area contributed by atoms with Crippen LogP contribution >= 0.6 is 8.60 Å². The zero-order chi connectivity index (χ0) is 15.3. The lowest BCUT2D eigenvalue weighted by Gasteiger charge is -2.35. The molecule has 0 saturated carbocycles. The van der Waals surface area contributed by atoms with Gasteiger partial charge in [0.15, 0.2) is 25.0 Å². The minimum absolute atomic E-state index is 1.10. The van der Waals surface area contributed by atoms with Crippen molar-refractivity contribution in [2.24, 2.45) is 0 Å². The highest BCUT2D eigenvalue weighted by Crippen LogP contribution is 2.49. The van der Waals surface area contributed by atoms with E-state index >= 15 is 0 Å². The van der Waals surface area contributed by atoms with Crippen molar-refractivity contribution in [1.82, 2.24) is 0 Å². The zero-order valence-corrected chi connectivity index (χ0v) is 18.2. The van der Waals surface area contributed by atoms with Gasteiger partial charge in [-0.15, -0.1) is 0 Å². The van der Waals surface area contributed by atoms with Crippen LogP contribution in [-0.4, -0.2) is 25.0 Å². The molecule has 0 amide bonds. The highest BCUT2D eigenvalue weighted by molar-refractivity contribution is 7.47. The van der Waals surface area contributed by atoms with E-state index in [0.29, 0.717) is 0 Å². The Morgan fingerprint density at radius 1 is 0.579 bits per heavy atom. The molecule has 0 bridgehead atoms. The molecule has 0 atom stereocenters. The molecule has 0 N–H and O–H groups in total. The smallest absolute Gasteiger partial charge is 0.300 e. The molecule has 0 heterocycles. The van der Waals surface area contributed by atoms with E-state index in [0.717, 1.165) is 18.1 Å². The molecule has 0 aromatic carbocycles. The third-order valence-corrected chi connectivity index (χ3v) is 16.3. The van der Waals surface area contributed by atoms with Crippen LogP contribution in [0.25, 0.3) is 0 Å². The first kappa shape index (κ1) is 20.0. The highest BCUT2D eigenvalue weighted by Gasteiger charge is 2.36. The third kappa shape index (κ3) is 8.75. The molecule has 0 aromatic heterocycles. The molecule has 19 heavy (non-hydrogen) atoms. The van der Waals surface area contributed by atoms with E-state index in [1.54, 1.807) is 0 Å². The van der Waals surface area contributed by atoms with E-state index in [-0.39, 0.29) is 0 Å². The Morgan fingerprint density at radius 3 is 0.947 bits per heavy atom. The fourth-order valence-corrected chi connectivity index (χ4v) is 8.70. The first-order valence-corrected chi connectivity index (χ1v) is 17.8. The van der Waals surface area contributed by atoms with Gasteiger partial charge in [0.25, 0.3) is 8.60 Å². The van der Waals surface area contributed by atoms with Crippen LogP contribution in [0, 0.1) is 0 Å². The maximum absolute atomic E-state index is 6.29. The number of hydrogen-bond acceptors (Lipinski definition) is 3. The van der Waals surface area contributed by atoms with Crippen LogP contribution in [0.4, 0.5) is 0 Å². The second-order valence-corrected chi connectivity index (χ2v) is 22.2. The summed E-state index contributed by atoms with van der Waals surface area (Å²) in [5.41, 5.74) is 0. The Kier molecular flexibility index (Phi) is 8.22. The van der Waals surface area contributed by atoms with Gasteiger partial charge in [0, 0.05) is 0 Å². The molecular formula is C12H33O3PSi3. The summed E-state index contributed by atoms with van der Waals surface area (Å²) in [5, 5.41) is 0. The lowest BCUT2D eigenvalue weighted by molar-refractivity contribution is 0.377. The highest BCUT2D eigenvalue weighted by atomic mass is 31.2. The predicted octanol–water partition coefficient (Wildman–Crippen LogP) is 5.94. The Hall–Kier alpha value is 0.961. The normalized spacial score (nSPS) is 14.2. The van der Waals surface area contributed by atoms with Gasteiger partial charge in [-0.3, -0.25) is 0 Å². The Bertz CT molecular complexity index is 230. The molecule has 116 valence electrons. The van der Waals surface area contributed by atoms with Gasteiger partial charge in [-0.25, -0.2) is 0 Å². The fraction of sp³-hybridized carbons (Fsp3) is 1.00. The SMILES string of the molecule is CC[Si](C)(C)OP(O[Si](C)(C)CC)O[Si](C)(C)CC. The average molecular weight is 341 g/mol. The van der Waals surface area contributed by atoms with Crippen LogP contribution in [0.1, 0.15) is 20.8 Å². The Morgan fingerprint density at radius 2 is 0.789 bits per heavy atom. The maximum atomic E-state index is 6.29. The van der Waals surface area contributed by atoms with E-state index in [1.807, 2.05) is 0 Å². The van der Waals surface area contributed by atoms with Crippen molar-refractivity contribution in [2.45, 2.75) is 78.2 Å². The molecule has 7 heteroatoms. The van der Waals surface area contributed by atoms with Crippen molar-refractivity contribution in [1.29, 1.82) is 0 Å². The van der Waals surface area contributed by atoms with E-state index in [1.165, 1.54) is 0 Å². The van der Waals surface area contributed by atoms with Gasteiger partial charge < -0.3 is 12.6 Å². The largest absolute Gasteiger partial charge is 0.355 e. The van der Waals surface area contributed by atoms with E-state index in [2.05, 4.69) is 60.1 Å². The summed E-state index contributed by atoms with van der Waals surface area (Å²) in [6.07, 6.45) is 0. The summed E-state index contributed by atoms with van der Waals surface area (Å²) >= 11 is 0. The second-order valence-electron chi connectivity index (χ2n) is 6.84. The number of rotatable bonds is 9. The maximum Gasteiger partial charge on any atom is 0.300 e. The summed E-state index contributed by atoms with van der Waals surface area (Å²) in [6, 6.07) is 3.29. The minimum atomic E-state index is -1.64. The molecule has 0 aliphatic heterocycles. The van der Waals surface area contributed by atoms with Gasteiger partial charge in [-0.05, 0) is 57.4 Å². The first-order chi connectivity index (χ1) is 8.47. The van der Waals surface area contributed by atoms with E-state index < -0.39 is 33.6 Å². The van der Waals surface area contributed by atoms with E-state index in [4.69, 9.17) is 12.6 Å². The molecule has 0 aromatic rings. The topological polar surface area (TPSA) is 27.7 Å². The summed E-state index contributed by atoms with van der Waals surface area (Å²) in [6.45, 7) is 20.1. The molecule has 0 rings (SSSR count). The Labute approximate surface area is 124 Å². The average Bonchev–Trinajstić information content (AvgIpc) is 2.27. The zero-order valence-electron chi connectivity index (χ0n) is 14.3. The molecule has 3 nitrogen and oxygen atoms in total. The quantitative estimate of drug-likeness (QED) is 0.384. The van der Waals surface area contributed by atoms with Gasteiger partial charge in [0.1, 0.15) is 0 Å². The lowest BCUT2D eigenvalue weighted by Crippen LogP contribution is -2.35. The molecule has 0 saturated heterocycles. The predicted molar refractivity (Wildman–Crippen MR) is 94.1 cm³/mol. The van der Waals surface area contributed by atoms with Crippen LogP contribution in [-0.2, 0) is 12.6 Å². The van der Waals surface area contributed by atoms with Crippen LogP contribution < -0.4 is 0 Å². The van der Waals surface area contributed by atoms with Crippen LogP contribution in [0.2, 0.25) is 57.4 Å². The summed E-state index contributed by atoms with van der Waals surface area (Å²) in [5.74, 6) is 0. The van der Waals surface area contributed by atoms with E-state index in [9.17, 15) is 0 Å². The fourth-order valence-electron chi connectivity index (χ4n) is 0.855. The number of hydrogen-bond donors (Lipinski definition) is 0. The van der Waals surface area contributed by atoms with Gasteiger partial charge in [0.05, 0.1) is 0 Å². The van der Waals surface area contributed by atoms with Crippen molar-refractivity contribution >= 4 is 33.6 Å². The monoisotopic (exact) mass is 340 g/mol. The summed E-state index contributed by atoms with van der Waals surface area (Å²) < 4.78 is 18.9.